The Bertz CT molecular complexity index is 1490. The third-order valence-corrected chi connectivity index (χ3v) is 7.45. The zero-order valence-electron chi connectivity index (χ0n) is 20.1. The van der Waals surface area contributed by atoms with Gasteiger partial charge >= 0.3 is 5.97 Å². The van der Waals surface area contributed by atoms with Crippen molar-refractivity contribution in [2.24, 2.45) is 7.05 Å². The summed E-state index contributed by atoms with van der Waals surface area (Å²) in [6.07, 6.45) is 0. The van der Waals surface area contributed by atoms with E-state index in [0.29, 0.717) is 37.7 Å². The molecule has 3 aromatic rings. The number of morpholine rings is 1. The van der Waals surface area contributed by atoms with Gasteiger partial charge < -0.3 is 14.4 Å². The number of hydrogen-bond acceptors (Lipinski definition) is 7. The second kappa shape index (κ2) is 10.8. The lowest BCUT2D eigenvalue weighted by Crippen LogP contribution is -2.42. The van der Waals surface area contributed by atoms with Crippen LogP contribution in [0.4, 0.5) is 5.69 Å². The molecule has 0 radical (unpaired) electrons. The van der Waals surface area contributed by atoms with Gasteiger partial charge in [-0.15, -0.1) is 0 Å². The number of anilines is 1. The first-order valence-electron chi connectivity index (χ1n) is 11.3. The van der Waals surface area contributed by atoms with Crippen LogP contribution in [0.2, 0.25) is 5.02 Å². The number of halogens is 1. The predicted molar refractivity (Wildman–Crippen MR) is 136 cm³/mol. The molecule has 2 heterocycles. The Hall–Kier alpha value is -3.61. The molecule has 1 aliphatic rings. The minimum absolute atomic E-state index is 0.0409. The number of rotatable bonds is 7. The Morgan fingerprint density at radius 3 is 2.46 bits per heavy atom. The minimum Gasteiger partial charge on any atom is -0.452 e. The molecular formula is C24H25ClN4O7S. The van der Waals surface area contributed by atoms with Crippen LogP contribution >= 0.6 is 11.6 Å². The molecule has 0 bridgehead atoms. The third-order valence-electron chi connectivity index (χ3n) is 5.90. The fourth-order valence-electron chi connectivity index (χ4n) is 3.83. The van der Waals surface area contributed by atoms with Crippen LogP contribution in [0, 0.1) is 6.92 Å². The number of sulfonamides is 1. The lowest BCUT2D eigenvalue weighted by molar-refractivity contribution is -0.138. The summed E-state index contributed by atoms with van der Waals surface area (Å²) in [6, 6.07) is 12.2. The monoisotopic (exact) mass is 548 g/mol. The molecule has 1 aromatic heterocycles. The molecule has 11 nitrogen and oxygen atoms in total. The number of aromatic nitrogens is 2. The van der Waals surface area contributed by atoms with Gasteiger partial charge in [-0.05, 0) is 37.3 Å². The Morgan fingerprint density at radius 1 is 1.11 bits per heavy atom. The van der Waals surface area contributed by atoms with Crippen LogP contribution in [0.25, 0.3) is 5.69 Å². The Morgan fingerprint density at radius 2 is 1.78 bits per heavy atom. The van der Waals surface area contributed by atoms with Gasteiger partial charge in [0.15, 0.2) is 6.61 Å². The quantitative estimate of drug-likeness (QED) is 0.447. The van der Waals surface area contributed by atoms with Gasteiger partial charge in [0.2, 0.25) is 0 Å². The van der Waals surface area contributed by atoms with Crippen LogP contribution in [0.1, 0.15) is 16.1 Å². The first kappa shape index (κ1) is 26.5. The van der Waals surface area contributed by atoms with E-state index < -0.39 is 28.2 Å². The predicted octanol–water partition coefficient (Wildman–Crippen LogP) is 1.95. The van der Waals surface area contributed by atoms with E-state index in [9.17, 15) is 22.8 Å². The molecule has 1 aliphatic heterocycles. The standard InChI is InChI=1S/C24H25ClN4O7S/c1-16-22(23(31)29(27(16)2)19-6-4-3-5-7-19)26-37(33,34)20-13-17(12-18(25)14-20)24(32)36-15-21(30)28-8-10-35-11-9-28/h3-7,12-14,26H,8-11,15H2,1-2H3. The molecule has 13 heteroatoms. The van der Waals surface area contributed by atoms with Crippen LogP contribution in [0.5, 0.6) is 0 Å². The van der Waals surface area contributed by atoms with Gasteiger partial charge in [0.25, 0.3) is 21.5 Å². The highest BCUT2D eigenvalue weighted by Crippen LogP contribution is 2.23. The molecule has 0 atom stereocenters. The molecule has 0 spiro atoms. The second-order valence-electron chi connectivity index (χ2n) is 8.29. The fraction of sp³-hybridized carbons (Fsp3) is 0.292. The van der Waals surface area contributed by atoms with Gasteiger partial charge in [-0.25, -0.2) is 17.9 Å². The van der Waals surface area contributed by atoms with E-state index in [0.717, 1.165) is 12.1 Å². The summed E-state index contributed by atoms with van der Waals surface area (Å²) in [5.74, 6) is -1.30. The van der Waals surface area contributed by atoms with E-state index in [1.165, 1.54) is 20.3 Å². The van der Waals surface area contributed by atoms with Crippen molar-refractivity contribution < 1.29 is 27.5 Å². The van der Waals surface area contributed by atoms with Crippen molar-refractivity contribution in [3.8, 4) is 5.69 Å². The summed E-state index contributed by atoms with van der Waals surface area (Å²) in [5.41, 5.74) is 0.0578. The SMILES string of the molecule is Cc1c(NS(=O)(=O)c2cc(Cl)cc(C(=O)OCC(=O)N3CCOCC3)c2)c(=O)n(-c2ccccc2)n1C. The maximum absolute atomic E-state index is 13.2. The maximum Gasteiger partial charge on any atom is 0.338 e. The van der Waals surface area contributed by atoms with Gasteiger partial charge in [-0.1, -0.05) is 29.8 Å². The highest BCUT2D eigenvalue weighted by Gasteiger charge is 2.25. The lowest BCUT2D eigenvalue weighted by Gasteiger charge is -2.26. The van der Waals surface area contributed by atoms with Crippen molar-refractivity contribution in [3.05, 3.63) is 75.2 Å². The summed E-state index contributed by atoms with van der Waals surface area (Å²) in [7, 11) is -2.70. The number of carbonyl (C=O) groups excluding carboxylic acids is 2. The summed E-state index contributed by atoms with van der Waals surface area (Å²) in [5, 5.41) is -0.0409. The van der Waals surface area contributed by atoms with Crippen molar-refractivity contribution in [2.45, 2.75) is 11.8 Å². The number of nitrogens with one attached hydrogen (secondary N) is 1. The van der Waals surface area contributed by atoms with Crippen molar-refractivity contribution in [3.63, 3.8) is 0 Å². The smallest absolute Gasteiger partial charge is 0.338 e. The van der Waals surface area contributed by atoms with E-state index in [1.807, 2.05) is 0 Å². The molecule has 1 N–H and O–H groups in total. The number of hydrogen-bond donors (Lipinski definition) is 1. The number of amides is 1. The van der Waals surface area contributed by atoms with Gasteiger partial charge in [0.05, 0.1) is 35.1 Å². The number of nitrogens with zero attached hydrogens (tertiary/aromatic N) is 3. The number of benzene rings is 2. The van der Waals surface area contributed by atoms with Crippen LogP contribution in [-0.2, 0) is 31.3 Å². The maximum atomic E-state index is 13.2. The number of carbonyl (C=O) groups is 2. The fourth-order valence-corrected chi connectivity index (χ4v) is 5.32. The van der Waals surface area contributed by atoms with Crippen molar-refractivity contribution >= 4 is 39.2 Å². The molecular weight excluding hydrogens is 524 g/mol. The third kappa shape index (κ3) is 5.71. The lowest BCUT2D eigenvalue weighted by atomic mass is 10.2. The Labute approximate surface area is 218 Å². The molecule has 37 heavy (non-hydrogen) atoms. The van der Waals surface area contributed by atoms with Crippen molar-refractivity contribution in [1.82, 2.24) is 14.3 Å². The van der Waals surface area contributed by atoms with Crippen LogP contribution in [-0.4, -0.2) is 67.5 Å². The molecule has 0 unspecified atom stereocenters. The molecule has 196 valence electrons. The Balaban J connectivity index is 1.56. The van der Waals surface area contributed by atoms with Crippen molar-refractivity contribution in [2.75, 3.05) is 37.6 Å². The first-order valence-corrected chi connectivity index (χ1v) is 13.1. The largest absolute Gasteiger partial charge is 0.452 e. The van der Waals surface area contributed by atoms with E-state index in [2.05, 4.69) is 4.72 Å². The number of para-hydroxylation sites is 1. The normalized spacial score (nSPS) is 13.9. The van der Waals surface area contributed by atoms with Crippen LogP contribution in [0.3, 0.4) is 0 Å². The zero-order valence-corrected chi connectivity index (χ0v) is 21.7. The molecule has 4 rings (SSSR count). The van der Waals surface area contributed by atoms with Crippen molar-refractivity contribution in [1.29, 1.82) is 0 Å². The summed E-state index contributed by atoms with van der Waals surface area (Å²) in [6.45, 7) is 2.69. The van der Waals surface area contributed by atoms with Gasteiger partial charge in [-0.2, -0.15) is 0 Å². The topological polar surface area (TPSA) is 129 Å². The average molecular weight is 549 g/mol. The summed E-state index contributed by atoms with van der Waals surface area (Å²) < 4.78 is 41.9. The van der Waals surface area contributed by atoms with Crippen LogP contribution < -0.4 is 10.3 Å². The molecule has 1 amide bonds. The number of esters is 1. The van der Waals surface area contributed by atoms with E-state index in [-0.39, 0.29) is 27.1 Å². The Kier molecular flexibility index (Phi) is 7.71. The summed E-state index contributed by atoms with van der Waals surface area (Å²) in [4.78, 5) is 39.1. The molecule has 2 aromatic carbocycles. The zero-order chi connectivity index (χ0) is 26.7. The van der Waals surface area contributed by atoms with E-state index in [4.69, 9.17) is 21.1 Å². The van der Waals surface area contributed by atoms with Gasteiger partial charge in [0, 0.05) is 25.2 Å². The van der Waals surface area contributed by atoms with E-state index in [1.54, 1.807) is 44.3 Å². The first-order chi connectivity index (χ1) is 17.6. The van der Waals surface area contributed by atoms with Crippen LogP contribution in [0.15, 0.2) is 58.2 Å². The molecule has 0 aliphatic carbocycles. The molecule has 0 saturated carbocycles. The number of ether oxygens (including phenoxy) is 2. The highest BCUT2D eigenvalue weighted by atomic mass is 35.5. The average Bonchev–Trinajstić information content (AvgIpc) is 3.10. The van der Waals surface area contributed by atoms with Gasteiger partial charge in [0.1, 0.15) is 5.69 Å². The minimum atomic E-state index is -4.33. The summed E-state index contributed by atoms with van der Waals surface area (Å²) >= 11 is 6.10. The molecule has 1 fully saturated rings. The van der Waals surface area contributed by atoms with Gasteiger partial charge in [-0.3, -0.25) is 19.0 Å². The van der Waals surface area contributed by atoms with E-state index >= 15 is 0 Å². The highest BCUT2D eigenvalue weighted by molar-refractivity contribution is 7.92. The second-order valence-corrected chi connectivity index (χ2v) is 10.4. The molecule has 1 saturated heterocycles.